The monoisotopic (exact) mass is 264 g/mol. The van der Waals surface area contributed by atoms with Crippen LogP contribution in [-0.2, 0) is 0 Å². The van der Waals surface area contributed by atoms with Crippen LogP contribution in [0.1, 0.15) is 51.6 Å². The molecule has 1 aromatic carbocycles. The lowest BCUT2D eigenvalue weighted by molar-refractivity contribution is 0.237. The van der Waals surface area contributed by atoms with Gasteiger partial charge in [-0.1, -0.05) is 32.4 Å². The van der Waals surface area contributed by atoms with E-state index in [1.54, 1.807) is 6.07 Å². The highest BCUT2D eigenvalue weighted by Crippen LogP contribution is 2.38. The van der Waals surface area contributed by atoms with Crippen LogP contribution in [0.2, 0.25) is 0 Å². The highest BCUT2D eigenvalue weighted by molar-refractivity contribution is 5.56. The van der Waals surface area contributed by atoms with E-state index in [9.17, 15) is 4.39 Å². The maximum atomic E-state index is 14.2. The van der Waals surface area contributed by atoms with Gasteiger partial charge in [0.15, 0.2) is 0 Å². The first-order valence-electron chi connectivity index (χ1n) is 7.26. The first-order chi connectivity index (χ1) is 8.97. The Bertz CT molecular complexity index is 434. The van der Waals surface area contributed by atoms with Gasteiger partial charge in [-0.05, 0) is 36.8 Å². The summed E-state index contributed by atoms with van der Waals surface area (Å²) < 4.78 is 14.2. The Hall–Kier alpha value is -1.09. The van der Waals surface area contributed by atoms with Gasteiger partial charge in [0, 0.05) is 19.1 Å². The molecule has 0 aliphatic carbocycles. The summed E-state index contributed by atoms with van der Waals surface area (Å²) in [5.74, 6) is -0.144. The SMILES string of the molecule is CCC1(C)CCN(c2c(F)cccc2[C@H](C)N)CC1. The van der Waals surface area contributed by atoms with Gasteiger partial charge in [0.05, 0.1) is 5.69 Å². The summed E-state index contributed by atoms with van der Waals surface area (Å²) in [6.07, 6.45) is 3.44. The maximum absolute atomic E-state index is 14.2. The molecule has 2 nitrogen and oxygen atoms in total. The van der Waals surface area contributed by atoms with Crippen LogP contribution in [0.15, 0.2) is 18.2 Å². The molecular formula is C16H25FN2. The molecule has 0 saturated carbocycles. The van der Waals surface area contributed by atoms with Crippen molar-refractivity contribution in [2.24, 2.45) is 11.1 Å². The van der Waals surface area contributed by atoms with Gasteiger partial charge in [0.25, 0.3) is 0 Å². The Kier molecular flexibility index (Phi) is 4.14. The van der Waals surface area contributed by atoms with Crippen molar-refractivity contribution in [1.29, 1.82) is 0 Å². The average Bonchev–Trinajstić information content (AvgIpc) is 2.40. The van der Waals surface area contributed by atoms with E-state index in [1.165, 1.54) is 12.5 Å². The van der Waals surface area contributed by atoms with E-state index in [2.05, 4.69) is 18.7 Å². The molecule has 1 aliphatic rings. The zero-order valence-electron chi connectivity index (χ0n) is 12.2. The van der Waals surface area contributed by atoms with Crippen molar-refractivity contribution in [3.63, 3.8) is 0 Å². The Labute approximate surface area is 115 Å². The molecule has 0 spiro atoms. The Morgan fingerprint density at radius 1 is 1.37 bits per heavy atom. The van der Waals surface area contributed by atoms with Gasteiger partial charge >= 0.3 is 0 Å². The Morgan fingerprint density at radius 3 is 2.53 bits per heavy atom. The molecule has 0 aromatic heterocycles. The Balaban J connectivity index is 2.24. The zero-order valence-corrected chi connectivity index (χ0v) is 12.2. The minimum atomic E-state index is -0.144. The number of benzene rings is 1. The molecule has 1 heterocycles. The predicted octanol–water partition coefficient (Wildman–Crippen LogP) is 3.86. The highest BCUT2D eigenvalue weighted by atomic mass is 19.1. The number of hydrogen-bond donors (Lipinski definition) is 1. The molecule has 0 radical (unpaired) electrons. The van der Waals surface area contributed by atoms with Crippen molar-refractivity contribution in [2.45, 2.75) is 46.1 Å². The maximum Gasteiger partial charge on any atom is 0.146 e. The fourth-order valence-corrected chi connectivity index (χ4v) is 2.86. The zero-order chi connectivity index (χ0) is 14.0. The van der Waals surface area contributed by atoms with Crippen LogP contribution in [0.25, 0.3) is 0 Å². The lowest BCUT2D eigenvalue weighted by Crippen LogP contribution is -2.39. The fourth-order valence-electron chi connectivity index (χ4n) is 2.86. The van der Waals surface area contributed by atoms with E-state index >= 15 is 0 Å². The summed E-state index contributed by atoms with van der Waals surface area (Å²) >= 11 is 0. The number of nitrogens with two attached hydrogens (primary N) is 1. The first-order valence-corrected chi connectivity index (χ1v) is 7.26. The second-order valence-electron chi connectivity index (χ2n) is 6.12. The van der Waals surface area contributed by atoms with Gasteiger partial charge in [-0.2, -0.15) is 0 Å². The number of piperidine rings is 1. The molecule has 106 valence electrons. The second kappa shape index (κ2) is 5.49. The lowest BCUT2D eigenvalue weighted by atomic mass is 9.78. The van der Waals surface area contributed by atoms with Crippen LogP contribution in [0.4, 0.5) is 10.1 Å². The van der Waals surface area contributed by atoms with E-state index < -0.39 is 0 Å². The third kappa shape index (κ3) is 2.92. The molecule has 1 saturated heterocycles. The lowest BCUT2D eigenvalue weighted by Gasteiger charge is -2.41. The van der Waals surface area contributed by atoms with E-state index in [4.69, 9.17) is 5.73 Å². The summed E-state index contributed by atoms with van der Waals surface area (Å²) in [4.78, 5) is 2.17. The summed E-state index contributed by atoms with van der Waals surface area (Å²) in [7, 11) is 0. The minimum absolute atomic E-state index is 0.134. The predicted molar refractivity (Wildman–Crippen MR) is 78.8 cm³/mol. The van der Waals surface area contributed by atoms with Crippen molar-refractivity contribution in [2.75, 3.05) is 18.0 Å². The van der Waals surface area contributed by atoms with Crippen LogP contribution in [0.5, 0.6) is 0 Å². The molecule has 2 rings (SSSR count). The van der Waals surface area contributed by atoms with Gasteiger partial charge in [0.1, 0.15) is 5.82 Å². The fraction of sp³-hybridized carbons (Fsp3) is 0.625. The van der Waals surface area contributed by atoms with Gasteiger partial charge < -0.3 is 10.6 Å². The summed E-state index contributed by atoms with van der Waals surface area (Å²) in [6, 6.07) is 5.09. The number of hydrogen-bond acceptors (Lipinski definition) is 2. The summed E-state index contributed by atoms with van der Waals surface area (Å²) in [6.45, 7) is 8.33. The van der Waals surface area contributed by atoms with Crippen molar-refractivity contribution >= 4 is 5.69 Å². The molecule has 2 N–H and O–H groups in total. The molecular weight excluding hydrogens is 239 g/mol. The van der Waals surface area contributed by atoms with E-state index in [0.717, 1.165) is 37.2 Å². The van der Waals surface area contributed by atoms with Crippen LogP contribution in [0, 0.1) is 11.2 Å². The topological polar surface area (TPSA) is 29.3 Å². The van der Waals surface area contributed by atoms with Crippen LogP contribution in [-0.4, -0.2) is 13.1 Å². The number of halogens is 1. The second-order valence-corrected chi connectivity index (χ2v) is 6.12. The largest absolute Gasteiger partial charge is 0.369 e. The van der Waals surface area contributed by atoms with Crippen LogP contribution < -0.4 is 10.6 Å². The van der Waals surface area contributed by atoms with Crippen molar-refractivity contribution in [1.82, 2.24) is 0 Å². The van der Waals surface area contributed by atoms with Crippen LogP contribution >= 0.6 is 0 Å². The normalized spacial score (nSPS) is 20.4. The molecule has 19 heavy (non-hydrogen) atoms. The molecule has 1 fully saturated rings. The van der Waals surface area contributed by atoms with E-state index in [0.29, 0.717) is 5.41 Å². The number of nitrogens with zero attached hydrogens (tertiary/aromatic N) is 1. The number of para-hydroxylation sites is 1. The number of rotatable bonds is 3. The van der Waals surface area contributed by atoms with Crippen molar-refractivity contribution in [3.05, 3.63) is 29.6 Å². The highest BCUT2D eigenvalue weighted by Gasteiger charge is 2.30. The molecule has 1 aromatic rings. The third-order valence-electron chi connectivity index (χ3n) is 4.65. The number of anilines is 1. The molecule has 1 aliphatic heterocycles. The first kappa shape index (κ1) is 14.3. The average molecular weight is 264 g/mol. The summed E-state index contributed by atoms with van der Waals surface area (Å²) in [5, 5.41) is 0. The standard InChI is InChI=1S/C16H25FN2/c1-4-16(3)8-10-19(11-9-16)15-13(12(2)18)6-5-7-14(15)17/h5-7,12H,4,8-11,18H2,1-3H3/t12-/m0/s1. The molecule has 1 atom stereocenters. The quantitative estimate of drug-likeness (QED) is 0.898. The van der Waals surface area contributed by atoms with Crippen molar-refractivity contribution < 1.29 is 4.39 Å². The van der Waals surface area contributed by atoms with Crippen LogP contribution in [0.3, 0.4) is 0 Å². The van der Waals surface area contributed by atoms with Gasteiger partial charge in [-0.3, -0.25) is 0 Å². The van der Waals surface area contributed by atoms with E-state index in [1.807, 2.05) is 13.0 Å². The van der Waals surface area contributed by atoms with E-state index in [-0.39, 0.29) is 11.9 Å². The summed E-state index contributed by atoms with van der Waals surface area (Å²) in [5.41, 5.74) is 8.02. The minimum Gasteiger partial charge on any atom is -0.369 e. The van der Waals surface area contributed by atoms with Gasteiger partial charge in [0.2, 0.25) is 0 Å². The smallest absolute Gasteiger partial charge is 0.146 e. The third-order valence-corrected chi connectivity index (χ3v) is 4.65. The Morgan fingerprint density at radius 2 is 2.00 bits per heavy atom. The van der Waals surface area contributed by atoms with Gasteiger partial charge in [-0.15, -0.1) is 0 Å². The molecule has 3 heteroatoms. The molecule has 0 bridgehead atoms. The van der Waals surface area contributed by atoms with Gasteiger partial charge in [-0.25, -0.2) is 4.39 Å². The molecule has 0 unspecified atom stereocenters. The van der Waals surface area contributed by atoms with Crippen molar-refractivity contribution in [3.8, 4) is 0 Å². The molecule has 0 amide bonds.